The van der Waals surface area contributed by atoms with Gasteiger partial charge in [-0.2, -0.15) is 0 Å². The number of hydrogen-bond acceptors (Lipinski definition) is 3. The molecule has 3 nitrogen and oxygen atoms in total. The summed E-state index contributed by atoms with van der Waals surface area (Å²) in [6.07, 6.45) is 2.42. The Hall–Kier alpha value is -2.08. The van der Waals surface area contributed by atoms with Crippen molar-refractivity contribution in [1.82, 2.24) is 4.98 Å². The average Bonchev–Trinajstić information content (AvgIpc) is 2.38. The molecule has 98 valence electrons. The van der Waals surface area contributed by atoms with Crippen LogP contribution in [-0.4, -0.2) is 13.4 Å². The van der Waals surface area contributed by atoms with Gasteiger partial charge >= 0.3 is 0 Å². The smallest absolute Gasteiger partial charge is 0.199 e. The van der Waals surface area contributed by atoms with Crippen LogP contribution >= 0.6 is 0 Å². The third-order valence-corrected chi connectivity index (χ3v) is 3.76. The quantitative estimate of drug-likeness (QED) is 0.813. The molecule has 0 unspecified atom stereocenters. The van der Waals surface area contributed by atoms with Gasteiger partial charge in [-0.3, -0.25) is 4.98 Å². The highest BCUT2D eigenvalue weighted by atomic mass is 32.2. The average molecular weight is 281 g/mol. The zero-order chi connectivity index (χ0) is 13.9. The van der Waals surface area contributed by atoms with Crippen molar-refractivity contribution in [2.75, 3.05) is 0 Å². The molecular formula is C13H9F2NO2S. The number of nitrogens with zero attached hydrogens (tertiary/aromatic N) is 1. The van der Waals surface area contributed by atoms with Gasteiger partial charge in [0.1, 0.15) is 11.6 Å². The van der Waals surface area contributed by atoms with Crippen LogP contribution in [-0.2, 0) is 9.84 Å². The second-order valence-electron chi connectivity index (χ2n) is 3.67. The maximum Gasteiger partial charge on any atom is 0.199 e. The summed E-state index contributed by atoms with van der Waals surface area (Å²) in [5.41, 5.74) is -0.0758. The number of rotatable bonds is 3. The molecule has 2 aromatic rings. The van der Waals surface area contributed by atoms with E-state index < -0.39 is 21.5 Å². The summed E-state index contributed by atoms with van der Waals surface area (Å²) in [6.45, 7) is 0. The Bertz CT molecular complexity index is 710. The van der Waals surface area contributed by atoms with Crippen molar-refractivity contribution < 1.29 is 17.2 Å². The molecular weight excluding hydrogens is 272 g/mol. The molecule has 19 heavy (non-hydrogen) atoms. The van der Waals surface area contributed by atoms with Crippen LogP contribution in [0.4, 0.5) is 8.78 Å². The third-order valence-electron chi connectivity index (χ3n) is 2.33. The van der Waals surface area contributed by atoms with E-state index in [1.54, 1.807) is 0 Å². The first kappa shape index (κ1) is 13.4. The lowest BCUT2D eigenvalue weighted by Gasteiger charge is -1.99. The topological polar surface area (TPSA) is 47.0 Å². The van der Waals surface area contributed by atoms with Crippen molar-refractivity contribution in [2.45, 2.75) is 4.90 Å². The molecule has 0 bridgehead atoms. The Morgan fingerprint density at radius 2 is 1.74 bits per heavy atom. The van der Waals surface area contributed by atoms with Gasteiger partial charge in [-0.05, 0) is 42.5 Å². The van der Waals surface area contributed by atoms with Crippen molar-refractivity contribution in [1.29, 1.82) is 0 Å². The minimum absolute atomic E-state index is 0.0681. The fourth-order valence-electron chi connectivity index (χ4n) is 1.38. The van der Waals surface area contributed by atoms with Gasteiger partial charge in [0.2, 0.25) is 0 Å². The Morgan fingerprint density at radius 3 is 2.37 bits per heavy atom. The molecule has 0 atom stereocenters. The van der Waals surface area contributed by atoms with Crippen LogP contribution in [0.15, 0.2) is 52.9 Å². The van der Waals surface area contributed by atoms with E-state index in [2.05, 4.69) is 4.98 Å². The second kappa shape index (κ2) is 5.27. The Kier molecular flexibility index (Phi) is 3.71. The predicted octanol–water partition coefficient (Wildman–Crippen LogP) is 2.80. The van der Waals surface area contributed by atoms with Crippen LogP contribution in [0.2, 0.25) is 0 Å². The third kappa shape index (κ3) is 3.23. The van der Waals surface area contributed by atoms with Crippen molar-refractivity contribution in [3.05, 3.63) is 65.3 Å². The molecule has 0 radical (unpaired) electrons. The molecule has 2 rings (SSSR count). The Balaban J connectivity index is 2.32. The maximum atomic E-state index is 13.3. The van der Waals surface area contributed by atoms with Crippen LogP contribution in [0, 0.1) is 11.6 Å². The van der Waals surface area contributed by atoms with Gasteiger partial charge < -0.3 is 0 Å². The first-order valence-corrected chi connectivity index (χ1v) is 6.83. The minimum atomic E-state index is -3.75. The summed E-state index contributed by atoms with van der Waals surface area (Å²) in [5.74, 6) is -1.15. The van der Waals surface area contributed by atoms with Gasteiger partial charge in [0.15, 0.2) is 9.84 Å². The first-order chi connectivity index (χ1) is 8.99. The molecule has 1 aromatic heterocycles. The fourth-order valence-corrected chi connectivity index (χ4v) is 2.36. The number of aromatic nitrogens is 1. The molecule has 6 heteroatoms. The van der Waals surface area contributed by atoms with E-state index >= 15 is 0 Å². The fraction of sp³-hybridized carbons (Fsp3) is 0. The zero-order valence-corrected chi connectivity index (χ0v) is 10.4. The van der Waals surface area contributed by atoms with Crippen molar-refractivity contribution in [3.8, 4) is 0 Å². The van der Waals surface area contributed by atoms with Crippen LogP contribution < -0.4 is 0 Å². The van der Waals surface area contributed by atoms with Crippen LogP contribution in [0.25, 0.3) is 6.08 Å². The second-order valence-corrected chi connectivity index (χ2v) is 5.51. The summed E-state index contributed by atoms with van der Waals surface area (Å²) in [4.78, 5) is 3.63. The van der Waals surface area contributed by atoms with Crippen LogP contribution in [0.3, 0.4) is 0 Å². The van der Waals surface area contributed by atoms with Gasteiger partial charge in [0.25, 0.3) is 0 Å². The molecule has 0 aliphatic rings. The van der Waals surface area contributed by atoms with E-state index in [0.29, 0.717) is 0 Å². The van der Waals surface area contributed by atoms with E-state index in [4.69, 9.17) is 0 Å². The molecule has 0 spiro atoms. The predicted molar refractivity (Wildman–Crippen MR) is 66.8 cm³/mol. The van der Waals surface area contributed by atoms with E-state index in [9.17, 15) is 17.2 Å². The van der Waals surface area contributed by atoms with E-state index in [1.165, 1.54) is 18.3 Å². The molecule has 0 aliphatic carbocycles. The molecule has 0 aliphatic heterocycles. The molecule has 0 saturated heterocycles. The van der Waals surface area contributed by atoms with Crippen molar-refractivity contribution in [3.63, 3.8) is 0 Å². The number of sulfone groups is 1. The molecule has 1 heterocycles. The monoisotopic (exact) mass is 281 g/mol. The zero-order valence-electron chi connectivity index (χ0n) is 9.62. The SMILES string of the molecule is O=S(=O)(C=Cc1ncccc1F)c1ccc(F)cc1. The normalized spacial score (nSPS) is 11.9. The molecule has 0 amide bonds. The van der Waals surface area contributed by atoms with E-state index in [-0.39, 0.29) is 10.6 Å². The van der Waals surface area contributed by atoms with Gasteiger partial charge in [0, 0.05) is 11.6 Å². The Morgan fingerprint density at radius 1 is 1.05 bits per heavy atom. The highest BCUT2D eigenvalue weighted by Gasteiger charge is 2.10. The molecule has 0 fully saturated rings. The number of benzene rings is 1. The maximum absolute atomic E-state index is 13.3. The molecule has 0 saturated carbocycles. The highest BCUT2D eigenvalue weighted by Crippen LogP contribution is 2.14. The summed E-state index contributed by atoms with van der Waals surface area (Å²) >= 11 is 0. The minimum Gasteiger partial charge on any atom is -0.254 e. The van der Waals surface area contributed by atoms with E-state index in [0.717, 1.165) is 35.7 Å². The lowest BCUT2D eigenvalue weighted by Crippen LogP contribution is -1.96. The highest BCUT2D eigenvalue weighted by molar-refractivity contribution is 7.94. The first-order valence-electron chi connectivity index (χ1n) is 5.28. The van der Waals surface area contributed by atoms with Crippen LogP contribution in [0.5, 0.6) is 0 Å². The lowest BCUT2D eigenvalue weighted by molar-refractivity contribution is 0.603. The number of hydrogen-bond donors (Lipinski definition) is 0. The molecule has 1 aromatic carbocycles. The Labute approximate surface area is 109 Å². The van der Waals surface area contributed by atoms with Gasteiger partial charge in [0.05, 0.1) is 10.6 Å². The van der Waals surface area contributed by atoms with Gasteiger partial charge in [-0.15, -0.1) is 0 Å². The summed E-state index contributed by atoms with van der Waals surface area (Å²) in [5, 5.41) is 0.839. The summed E-state index contributed by atoms with van der Waals surface area (Å²) in [6, 6.07) is 6.95. The largest absolute Gasteiger partial charge is 0.254 e. The van der Waals surface area contributed by atoms with E-state index in [1.807, 2.05) is 0 Å². The lowest BCUT2D eigenvalue weighted by atomic mass is 10.3. The van der Waals surface area contributed by atoms with Gasteiger partial charge in [-0.1, -0.05) is 0 Å². The summed E-state index contributed by atoms with van der Waals surface area (Å²) < 4.78 is 49.7. The van der Waals surface area contributed by atoms with Crippen molar-refractivity contribution in [2.24, 2.45) is 0 Å². The summed E-state index contributed by atoms with van der Waals surface area (Å²) in [7, 11) is -3.75. The number of pyridine rings is 1. The van der Waals surface area contributed by atoms with Gasteiger partial charge in [-0.25, -0.2) is 17.2 Å². The standard InChI is InChI=1S/C13H9F2NO2S/c14-10-3-5-11(6-4-10)19(17,18)9-7-13-12(15)2-1-8-16-13/h1-9H. The number of halogens is 2. The van der Waals surface area contributed by atoms with Crippen molar-refractivity contribution >= 4 is 15.9 Å². The molecule has 0 N–H and O–H groups in total. The van der Waals surface area contributed by atoms with Crippen LogP contribution in [0.1, 0.15) is 5.69 Å².